The Bertz CT molecular complexity index is 1230. The van der Waals surface area contributed by atoms with Crippen LogP contribution in [0.15, 0.2) is 23.0 Å². The Morgan fingerprint density at radius 3 is 2.53 bits per heavy atom. The summed E-state index contributed by atoms with van der Waals surface area (Å²) in [5, 5.41) is 47.9. The number of fused-ring (bicyclic) bond motifs is 4. The Balaban J connectivity index is 1.73. The maximum absolute atomic E-state index is 13.8. The number of aliphatic hydroxyl groups excluding tert-OH is 2. The highest BCUT2D eigenvalue weighted by atomic mass is 16.3. The molecule has 5 rings (SSSR count). The van der Waals surface area contributed by atoms with Crippen LogP contribution in [0.5, 0.6) is 5.75 Å². The molecule has 180 valence electrons. The first-order valence-electron chi connectivity index (χ1n) is 11.5. The van der Waals surface area contributed by atoms with E-state index in [0.29, 0.717) is 24.2 Å². The molecule has 4 atom stereocenters. The molecular formula is C25H28N2O7. The molecule has 0 spiro atoms. The summed E-state index contributed by atoms with van der Waals surface area (Å²) >= 11 is 0. The zero-order chi connectivity index (χ0) is 24.7. The fourth-order valence-electron chi connectivity index (χ4n) is 6.35. The number of hydrogen-bond donors (Lipinski definition) is 5. The SMILES string of the molecule is CC(=O)C1=C(O)[C@@]2(O)C(=O)C3=C(O)c4c(cc5c(c4O)NCCC5)C[C@H]3C[C@H]2[C@H](N(C)C)C1=O. The van der Waals surface area contributed by atoms with Crippen molar-refractivity contribution >= 4 is 28.8 Å². The highest BCUT2D eigenvalue weighted by Gasteiger charge is 2.64. The van der Waals surface area contributed by atoms with Gasteiger partial charge in [0, 0.05) is 18.0 Å². The van der Waals surface area contributed by atoms with Gasteiger partial charge >= 0.3 is 0 Å². The van der Waals surface area contributed by atoms with E-state index in [1.54, 1.807) is 19.0 Å². The number of nitrogens with one attached hydrogen (secondary N) is 1. The molecule has 0 saturated heterocycles. The molecule has 1 heterocycles. The van der Waals surface area contributed by atoms with Crippen molar-refractivity contribution in [2.24, 2.45) is 11.8 Å². The van der Waals surface area contributed by atoms with Gasteiger partial charge in [-0.05, 0) is 63.7 Å². The van der Waals surface area contributed by atoms with E-state index in [1.165, 1.54) is 0 Å². The quantitative estimate of drug-likeness (QED) is 0.321. The summed E-state index contributed by atoms with van der Waals surface area (Å²) in [7, 11) is 3.23. The Hall–Kier alpha value is -3.17. The summed E-state index contributed by atoms with van der Waals surface area (Å²) < 4.78 is 0. The molecule has 1 aromatic rings. The van der Waals surface area contributed by atoms with Crippen molar-refractivity contribution in [3.8, 4) is 5.75 Å². The highest BCUT2D eigenvalue weighted by Crippen LogP contribution is 2.53. The number of rotatable bonds is 2. The average molecular weight is 469 g/mol. The van der Waals surface area contributed by atoms with Crippen LogP contribution in [0.25, 0.3) is 5.76 Å². The van der Waals surface area contributed by atoms with E-state index in [4.69, 9.17) is 0 Å². The van der Waals surface area contributed by atoms with Gasteiger partial charge in [-0.2, -0.15) is 0 Å². The maximum atomic E-state index is 13.8. The second kappa shape index (κ2) is 7.41. The topological polar surface area (TPSA) is 147 Å². The van der Waals surface area contributed by atoms with Gasteiger partial charge in [0.1, 0.15) is 22.8 Å². The van der Waals surface area contributed by atoms with Crippen molar-refractivity contribution < 1.29 is 34.8 Å². The van der Waals surface area contributed by atoms with E-state index in [0.717, 1.165) is 25.3 Å². The number of Topliss-reactive ketones (excluding diaryl/α,β-unsaturated/α-hetero) is 3. The standard InChI is InChI=1S/C25H28N2O7/c1-10(28)15-22(31)19(27(2)3)14-9-13-8-12-7-11-5-4-6-26-18(11)21(30)16(12)20(29)17(13)24(33)25(14,34)23(15)32/h7,13-14,19,26,29-30,32,34H,4-6,8-9H2,1-3H3/t13-,14-,19-,25+/m0/s1. The lowest BCUT2D eigenvalue weighted by Crippen LogP contribution is -2.65. The Labute approximate surface area is 196 Å². The van der Waals surface area contributed by atoms with Crippen LogP contribution in [-0.2, 0) is 27.2 Å². The highest BCUT2D eigenvalue weighted by molar-refractivity contribution is 6.25. The Morgan fingerprint density at radius 2 is 1.88 bits per heavy atom. The molecule has 0 amide bonds. The number of carbonyl (C=O) groups excluding carboxylic acids is 3. The van der Waals surface area contributed by atoms with Crippen LogP contribution in [0, 0.1) is 11.8 Å². The predicted molar refractivity (Wildman–Crippen MR) is 123 cm³/mol. The largest absolute Gasteiger partial charge is 0.508 e. The number of nitrogens with zero attached hydrogens (tertiary/aromatic N) is 1. The second-order valence-electron chi connectivity index (χ2n) is 9.98. The monoisotopic (exact) mass is 468 g/mol. The molecule has 1 aliphatic heterocycles. The first kappa shape index (κ1) is 22.6. The van der Waals surface area contributed by atoms with Crippen molar-refractivity contribution in [3.05, 3.63) is 39.7 Å². The van der Waals surface area contributed by atoms with Gasteiger partial charge in [-0.15, -0.1) is 0 Å². The average Bonchev–Trinajstić information content (AvgIpc) is 2.76. The number of phenols is 1. The molecule has 1 aromatic carbocycles. The number of anilines is 1. The molecular weight excluding hydrogens is 440 g/mol. The number of hydrogen-bond acceptors (Lipinski definition) is 9. The molecule has 0 bridgehead atoms. The van der Waals surface area contributed by atoms with E-state index in [-0.39, 0.29) is 23.3 Å². The first-order valence-corrected chi connectivity index (χ1v) is 11.5. The van der Waals surface area contributed by atoms with E-state index in [1.807, 2.05) is 6.07 Å². The van der Waals surface area contributed by atoms with Gasteiger partial charge in [-0.3, -0.25) is 19.3 Å². The van der Waals surface area contributed by atoms with Gasteiger partial charge in [-0.1, -0.05) is 6.07 Å². The van der Waals surface area contributed by atoms with E-state index in [2.05, 4.69) is 5.32 Å². The number of carbonyl (C=O) groups is 3. The fraction of sp³-hybridized carbons (Fsp3) is 0.480. The molecule has 0 unspecified atom stereocenters. The molecule has 34 heavy (non-hydrogen) atoms. The third kappa shape index (κ3) is 2.77. The molecule has 0 aromatic heterocycles. The third-order valence-electron chi connectivity index (χ3n) is 7.82. The number of ketones is 3. The molecule has 9 heteroatoms. The van der Waals surface area contributed by atoms with Crippen LogP contribution in [0.1, 0.15) is 36.5 Å². The number of phenolic OH excluding ortho intramolecular Hbond substituents is 1. The summed E-state index contributed by atoms with van der Waals surface area (Å²) in [5.74, 6) is -5.42. The molecule has 1 saturated carbocycles. The lowest BCUT2D eigenvalue weighted by molar-refractivity contribution is -0.153. The smallest absolute Gasteiger partial charge is 0.202 e. The maximum Gasteiger partial charge on any atom is 0.202 e. The molecule has 3 aliphatic carbocycles. The van der Waals surface area contributed by atoms with Gasteiger partial charge in [0.05, 0.1) is 17.3 Å². The summed E-state index contributed by atoms with van der Waals surface area (Å²) in [5.41, 5.74) is -0.946. The lowest BCUT2D eigenvalue weighted by atomic mass is 9.57. The van der Waals surface area contributed by atoms with Crippen LogP contribution in [0.2, 0.25) is 0 Å². The van der Waals surface area contributed by atoms with Crippen LogP contribution in [-0.4, -0.2) is 75.0 Å². The Kier molecular flexibility index (Phi) is 4.93. The van der Waals surface area contributed by atoms with Crippen molar-refractivity contribution in [2.45, 2.75) is 44.2 Å². The van der Waals surface area contributed by atoms with Crippen molar-refractivity contribution in [1.82, 2.24) is 4.90 Å². The minimum atomic E-state index is -2.54. The molecule has 1 fully saturated rings. The van der Waals surface area contributed by atoms with Crippen LogP contribution in [0.3, 0.4) is 0 Å². The number of aliphatic hydroxyl groups is 3. The van der Waals surface area contributed by atoms with Gasteiger partial charge in [0.25, 0.3) is 0 Å². The van der Waals surface area contributed by atoms with Crippen LogP contribution < -0.4 is 5.32 Å². The summed E-state index contributed by atoms with van der Waals surface area (Å²) in [6.45, 7) is 1.77. The minimum absolute atomic E-state index is 0.0985. The number of aryl methyl sites for hydroxylation is 1. The fourth-order valence-corrected chi connectivity index (χ4v) is 6.35. The van der Waals surface area contributed by atoms with Crippen LogP contribution in [0.4, 0.5) is 5.69 Å². The zero-order valence-corrected chi connectivity index (χ0v) is 19.3. The lowest BCUT2D eigenvalue weighted by Gasteiger charge is -2.50. The van der Waals surface area contributed by atoms with E-state index < -0.39 is 57.9 Å². The first-order chi connectivity index (χ1) is 16.0. The number of benzene rings is 1. The molecule has 0 radical (unpaired) electrons. The van der Waals surface area contributed by atoms with Gasteiger partial charge in [-0.25, -0.2) is 0 Å². The van der Waals surface area contributed by atoms with Crippen LogP contribution >= 0.6 is 0 Å². The van der Waals surface area contributed by atoms with E-state index >= 15 is 0 Å². The van der Waals surface area contributed by atoms with Gasteiger partial charge in [0.15, 0.2) is 17.2 Å². The second-order valence-corrected chi connectivity index (χ2v) is 9.98. The zero-order valence-electron chi connectivity index (χ0n) is 19.3. The number of likely N-dealkylation sites (N-methyl/N-ethyl adjacent to an activating group) is 1. The van der Waals surface area contributed by atoms with Gasteiger partial charge in [0.2, 0.25) is 5.78 Å². The summed E-state index contributed by atoms with van der Waals surface area (Å²) in [6.07, 6.45) is 2.13. The van der Waals surface area contributed by atoms with Crippen molar-refractivity contribution in [1.29, 1.82) is 0 Å². The Morgan fingerprint density at radius 1 is 1.18 bits per heavy atom. The third-order valence-corrected chi connectivity index (χ3v) is 7.82. The normalized spacial score (nSPS) is 30.4. The number of aromatic hydroxyl groups is 1. The van der Waals surface area contributed by atoms with E-state index in [9.17, 15) is 34.8 Å². The van der Waals surface area contributed by atoms with Crippen molar-refractivity contribution in [2.75, 3.05) is 26.0 Å². The minimum Gasteiger partial charge on any atom is -0.508 e. The van der Waals surface area contributed by atoms with Crippen molar-refractivity contribution in [3.63, 3.8) is 0 Å². The predicted octanol–water partition coefficient (Wildman–Crippen LogP) is 1.43. The van der Waals surface area contributed by atoms with Gasteiger partial charge < -0.3 is 25.7 Å². The summed E-state index contributed by atoms with van der Waals surface area (Å²) in [4.78, 5) is 40.7. The summed E-state index contributed by atoms with van der Waals surface area (Å²) in [6, 6.07) is 0.921. The molecule has 5 N–H and O–H groups in total. The molecule has 4 aliphatic rings. The molecule has 9 nitrogen and oxygen atoms in total.